The molecule has 1 heterocycles. The van der Waals surface area contributed by atoms with Gasteiger partial charge in [0, 0.05) is 12.4 Å². The predicted molar refractivity (Wildman–Crippen MR) is 90.8 cm³/mol. The van der Waals surface area contributed by atoms with Gasteiger partial charge in [-0.25, -0.2) is 13.8 Å². The molecule has 6 heteroatoms. The Morgan fingerprint density at radius 3 is 2.71 bits per heavy atom. The number of hydrogen-bond acceptors (Lipinski definition) is 4. The number of fused-ring (bicyclic) bond motifs is 1. The van der Waals surface area contributed by atoms with Crippen molar-refractivity contribution in [3.8, 4) is 5.75 Å². The van der Waals surface area contributed by atoms with Crippen molar-refractivity contribution in [2.24, 2.45) is 4.99 Å². The topological polar surface area (TPSA) is 54.7 Å². The summed E-state index contributed by atoms with van der Waals surface area (Å²) in [5.74, 6) is 0.0281. The van der Waals surface area contributed by atoms with Gasteiger partial charge in [0.15, 0.2) is 0 Å². The van der Waals surface area contributed by atoms with Gasteiger partial charge in [-0.2, -0.15) is 0 Å². The SMILES string of the molecule is CN=C(/C(=C\CF)Oc1cc2cccc(F)c2nc1C)C(C)(C)O. The van der Waals surface area contributed by atoms with E-state index >= 15 is 0 Å². The normalized spacial score (nSPS) is 13.5. The Kier molecular flexibility index (Phi) is 5.29. The molecule has 0 saturated heterocycles. The maximum Gasteiger partial charge on any atom is 0.150 e. The minimum absolute atomic E-state index is 0.105. The molecule has 2 aromatic rings. The molecule has 0 atom stereocenters. The fourth-order valence-corrected chi connectivity index (χ4v) is 2.40. The van der Waals surface area contributed by atoms with E-state index in [1.807, 2.05) is 0 Å². The summed E-state index contributed by atoms with van der Waals surface area (Å²) in [5, 5.41) is 10.8. The maximum atomic E-state index is 13.8. The molecule has 0 aliphatic heterocycles. The van der Waals surface area contributed by atoms with Crippen LogP contribution in [0.4, 0.5) is 8.78 Å². The third-order valence-corrected chi connectivity index (χ3v) is 3.46. The largest absolute Gasteiger partial charge is 0.454 e. The quantitative estimate of drug-likeness (QED) is 0.669. The molecule has 0 spiro atoms. The third-order valence-electron chi connectivity index (χ3n) is 3.46. The van der Waals surface area contributed by atoms with Crippen molar-refractivity contribution in [2.75, 3.05) is 13.7 Å². The highest BCUT2D eigenvalue weighted by Crippen LogP contribution is 2.27. The first kappa shape index (κ1) is 18.0. The smallest absolute Gasteiger partial charge is 0.150 e. The molecular weight excluding hydrogens is 314 g/mol. The Hall–Kier alpha value is -2.34. The molecule has 0 radical (unpaired) electrons. The molecule has 0 amide bonds. The number of pyridine rings is 1. The summed E-state index contributed by atoms with van der Waals surface area (Å²) in [4.78, 5) is 8.22. The van der Waals surface area contributed by atoms with Gasteiger partial charge in [-0.05, 0) is 39.0 Å². The molecule has 0 aliphatic rings. The fraction of sp³-hybridized carbons (Fsp3) is 0.333. The summed E-state index contributed by atoms with van der Waals surface area (Å²) < 4.78 is 32.4. The number of para-hydroxylation sites is 1. The molecular formula is C18H20F2N2O2. The summed E-state index contributed by atoms with van der Waals surface area (Å²) in [6.07, 6.45) is 1.19. The zero-order valence-corrected chi connectivity index (χ0v) is 14.1. The summed E-state index contributed by atoms with van der Waals surface area (Å²) in [7, 11) is 1.49. The van der Waals surface area contributed by atoms with Crippen LogP contribution in [0.3, 0.4) is 0 Å². The van der Waals surface area contributed by atoms with E-state index in [9.17, 15) is 13.9 Å². The second-order valence-electron chi connectivity index (χ2n) is 5.84. The maximum absolute atomic E-state index is 13.8. The second kappa shape index (κ2) is 7.05. The molecule has 0 bridgehead atoms. The van der Waals surface area contributed by atoms with Crippen molar-refractivity contribution < 1.29 is 18.6 Å². The van der Waals surface area contributed by atoms with Crippen LogP contribution in [-0.2, 0) is 0 Å². The first-order valence-electron chi connectivity index (χ1n) is 7.47. The summed E-state index contributed by atoms with van der Waals surface area (Å²) in [6.45, 7) is 3.96. The summed E-state index contributed by atoms with van der Waals surface area (Å²) in [6, 6.07) is 6.25. The number of aliphatic hydroxyl groups is 1. The van der Waals surface area contributed by atoms with Crippen LogP contribution in [-0.4, -0.2) is 35.1 Å². The van der Waals surface area contributed by atoms with E-state index < -0.39 is 18.1 Å². The van der Waals surface area contributed by atoms with Crippen LogP contribution in [0.25, 0.3) is 10.9 Å². The average Bonchev–Trinajstić information content (AvgIpc) is 2.48. The molecule has 1 N–H and O–H groups in total. The molecule has 0 fully saturated rings. The van der Waals surface area contributed by atoms with Crippen LogP contribution in [0.15, 0.2) is 41.1 Å². The monoisotopic (exact) mass is 334 g/mol. The van der Waals surface area contributed by atoms with Crippen molar-refractivity contribution in [1.82, 2.24) is 4.98 Å². The van der Waals surface area contributed by atoms with Gasteiger partial charge >= 0.3 is 0 Å². The minimum Gasteiger partial charge on any atom is -0.454 e. The Labute approximate surface area is 139 Å². The van der Waals surface area contributed by atoms with Gasteiger partial charge in [-0.3, -0.25) is 4.99 Å². The van der Waals surface area contributed by atoms with E-state index in [1.54, 1.807) is 25.1 Å². The van der Waals surface area contributed by atoms with Gasteiger partial charge in [0.2, 0.25) is 0 Å². The number of benzene rings is 1. The van der Waals surface area contributed by atoms with E-state index in [1.165, 1.54) is 33.0 Å². The molecule has 128 valence electrons. The van der Waals surface area contributed by atoms with Crippen LogP contribution in [0.5, 0.6) is 5.75 Å². The van der Waals surface area contributed by atoms with Crippen LogP contribution in [0, 0.1) is 12.7 Å². The lowest BCUT2D eigenvalue weighted by Gasteiger charge is -2.23. The molecule has 0 unspecified atom stereocenters. The number of alkyl halides is 1. The average molecular weight is 334 g/mol. The van der Waals surface area contributed by atoms with Crippen LogP contribution in [0.1, 0.15) is 19.5 Å². The van der Waals surface area contributed by atoms with Gasteiger partial charge < -0.3 is 9.84 Å². The summed E-state index contributed by atoms with van der Waals surface area (Å²) in [5.41, 5.74) is -0.410. The van der Waals surface area contributed by atoms with E-state index in [-0.39, 0.29) is 17.0 Å². The first-order valence-corrected chi connectivity index (χ1v) is 7.47. The lowest BCUT2D eigenvalue weighted by atomic mass is 10.0. The Morgan fingerprint density at radius 2 is 2.12 bits per heavy atom. The standard InChI is InChI=1S/C18H20F2N2O2/c1-11-15(10-12-6-5-7-13(20)16(12)22-11)24-14(8-9-19)17(21-4)18(2,3)23/h5-8,10,23H,9H2,1-4H3/b14-8+,21-17?. The highest BCUT2D eigenvalue weighted by Gasteiger charge is 2.26. The predicted octanol–water partition coefficient (Wildman–Crippen LogP) is 3.76. The van der Waals surface area contributed by atoms with Crippen LogP contribution < -0.4 is 4.74 Å². The molecule has 1 aromatic heterocycles. The zero-order chi connectivity index (χ0) is 17.9. The van der Waals surface area contributed by atoms with Gasteiger partial charge in [0.1, 0.15) is 40.8 Å². The molecule has 0 aliphatic carbocycles. The molecule has 4 nitrogen and oxygen atoms in total. The van der Waals surface area contributed by atoms with Crippen LogP contribution in [0.2, 0.25) is 0 Å². The molecule has 0 saturated carbocycles. The number of aryl methyl sites for hydroxylation is 1. The lowest BCUT2D eigenvalue weighted by molar-refractivity contribution is 0.151. The van der Waals surface area contributed by atoms with Crippen molar-refractivity contribution in [3.05, 3.63) is 47.6 Å². The molecule has 24 heavy (non-hydrogen) atoms. The second-order valence-corrected chi connectivity index (χ2v) is 5.84. The van der Waals surface area contributed by atoms with E-state index in [2.05, 4.69) is 9.98 Å². The number of aromatic nitrogens is 1. The Bertz CT molecular complexity index is 809. The minimum atomic E-state index is -1.31. The number of hydrogen-bond donors (Lipinski definition) is 1. The van der Waals surface area contributed by atoms with Gasteiger partial charge in [-0.1, -0.05) is 12.1 Å². The molecule has 1 aromatic carbocycles. The number of rotatable bonds is 5. The number of aliphatic imine (C=N–C) groups is 1. The number of halogens is 2. The van der Waals surface area contributed by atoms with E-state index in [0.717, 1.165) is 0 Å². The third kappa shape index (κ3) is 3.76. The lowest BCUT2D eigenvalue weighted by Crippen LogP contribution is -2.34. The highest BCUT2D eigenvalue weighted by molar-refractivity contribution is 6.04. The Balaban J connectivity index is 2.49. The van der Waals surface area contributed by atoms with Crippen molar-refractivity contribution in [2.45, 2.75) is 26.4 Å². The van der Waals surface area contributed by atoms with Gasteiger partial charge in [0.25, 0.3) is 0 Å². The van der Waals surface area contributed by atoms with E-state index in [0.29, 0.717) is 16.8 Å². The molecule has 2 rings (SSSR count). The van der Waals surface area contributed by atoms with Crippen molar-refractivity contribution >= 4 is 16.6 Å². The van der Waals surface area contributed by atoms with Crippen molar-refractivity contribution in [1.29, 1.82) is 0 Å². The number of allylic oxidation sites excluding steroid dienone is 1. The number of ether oxygens (including phenoxy) is 1. The van der Waals surface area contributed by atoms with Gasteiger partial charge in [0.05, 0.1) is 5.69 Å². The number of nitrogens with zero attached hydrogens (tertiary/aromatic N) is 2. The highest BCUT2D eigenvalue weighted by atomic mass is 19.1. The van der Waals surface area contributed by atoms with E-state index in [4.69, 9.17) is 4.74 Å². The fourth-order valence-electron chi connectivity index (χ4n) is 2.40. The van der Waals surface area contributed by atoms with Gasteiger partial charge in [-0.15, -0.1) is 0 Å². The zero-order valence-electron chi connectivity index (χ0n) is 14.1. The summed E-state index contributed by atoms with van der Waals surface area (Å²) >= 11 is 0. The first-order chi connectivity index (χ1) is 11.3. The Morgan fingerprint density at radius 1 is 1.42 bits per heavy atom. The van der Waals surface area contributed by atoms with Crippen LogP contribution >= 0.6 is 0 Å². The van der Waals surface area contributed by atoms with Crippen molar-refractivity contribution in [3.63, 3.8) is 0 Å².